The third-order valence-electron chi connectivity index (χ3n) is 15.9. The molecule has 1 unspecified atom stereocenters. The van der Waals surface area contributed by atoms with Crippen LogP contribution in [0.4, 0.5) is 0 Å². The lowest BCUT2D eigenvalue weighted by Crippen LogP contribution is -2.41. The molecule has 0 aromatic heterocycles. The van der Waals surface area contributed by atoms with E-state index in [4.69, 9.17) is 30.9 Å². The fraction of sp³-hybridized carbons (Fsp3) is 0.736. The smallest absolute Gasteiger partial charge is 0.208 e. The molecule has 4 saturated carbocycles. The second kappa shape index (κ2) is 24.7. The van der Waals surface area contributed by atoms with Crippen molar-refractivity contribution in [2.75, 3.05) is 32.8 Å². The number of benzene rings is 1. The Morgan fingerprint density at radius 1 is 1.02 bits per heavy atom. The number of nitrogens with one attached hydrogen (secondary N) is 2. The van der Waals surface area contributed by atoms with Crippen LogP contribution in [-0.2, 0) is 6.42 Å². The van der Waals surface area contributed by atoms with Crippen LogP contribution in [0.5, 0.6) is 11.5 Å². The van der Waals surface area contributed by atoms with Crippen molar-refractivity contribution in [3.05, 3.63) is 59.2 Å². The van der Waals surface area contributed by atoms with Crippen LogP contribution in [0.25, 0.3) is 0 Å². The molecule has 0 amide bonds. The van der Waals surface area contributed by atoms with Crippen LogP contribution in [0.3, 0.4) is 0 Å². The van der Waals surface area contributed by atoms with Gasteiger partial charge >= 0.3 is 0 Å². The fourth-order valence-corrected chi connectivity index (χ4v) is 12.1. The highest BCUT2D eigenvalue weighted by molar-refractivity contribution is 6.03. The number of nitrogens with zero attached hydrogens (tertiary/aromatic N) is 2. The number of aliphatic hydroxyl groups excluding tert-OH is 3. The van der Waals surface area contributed by atoms with Crippen molar-refractivity contribution in [3.8, 4) is 11.5 Å². The van der Waals surface area contributed by atoms with E-state index >= 15 is 0 Å². The van der Waals surface area contributed by atoms with Crippen molar-refractivity contribution in [1.29, 1.82) is 0 Å². The number of rotatable bonds is 23. The highest BCUT2D eigenvalue weighted by atomic mass is 16.5. The molecule has 4 aliphatic carbocycles. The molecule has 12 nitrogen and oxygen atoms in total. The van der Waals surface area contributed by atoms with E-state index in [1.807, 2.05) is 12.1 Å². The topological polar surface area (TPSA) is 204 Å². The molecule has 65 heavy (non-hydrogen) atoms. The molecule has 2 aliphatic heterocycles. The van der Waals surface area contributed by atoms with Gasteiger partial charge in [-0.1, -0.05) is 57.9 Å². The number of hydrogen-bond acceptors (Lipinski definition) is 9. The number of aryl methyl sites for hydroxylation is 1. The highest BCUT2D eigenvalue weighted by Gasteiger charge is 2.49. The molecule has 12 heteroatoms. The Labute approximate surface area is 390 Å². The van der Waals surface area contributed by atoms with Crippen LogP contribution in [0, 0.1) is 47.5 Å². The molecule has 2 heterocycles. The summed E-state index contributed by atoms with van der Waals surface area (Å²) in [6.45, 7) is 6.26. The Hall–Kier alpha value is -3.26. The number of ether oxygens (including phenoxy) is 2. The van der Waals surface area contributed by atoms with E-state index < -0.39 is 12.2 Å². The summed E-state index contributed by atoms with van der Waals surface area (Å²) in [5, 5.41) is 49.1. The first-order valence-corrected chi connectivity index (χ1v) is 25.9. The Morgan fingerprint density at radius 3 is 2.66 bits per heavy atom. The maximum absolute atomic E-state index is 11.3. The van der Waals surface area contributed by atoms with Crippen LogP contribution < -0.4 is 26.8 Å². The Balaban J connectivity index is 0.827. The van der Waals surface area contributed by atoms with Gasteiger partial charge in [0.05, 0.1) is 18.1 Å². The summed E-state index contributed by atoms with van der Waals surface area (Å²) in [5.74, 6) is 5.72. The average molecular weight is 902 g/mol. The van der Waals surface area contributed by atoms with Gasteiger partial charge in [0.1, 0.15) is 30.4 Å². The number of nitrogens with two attached hydrogens (primary N) is 2. The van der Waals surface area contributed by atoms with E-state index in [1.54, 1.807) is 13.0 Å². The van der Waals surface area contributed by atoms with Gasteiger partial charge in [0, 0.05) is 51.2 Å². The van der Waals surface area contributed by atoms with Gasteiger partial charge in [-0.2, -0.15) is 0 Å². The predicted molar refractivity (Wildman–Crippen MR) is 261 cm³/mol. The molecule has 0 saturated heterocycles. The molecule has 7 rings (SSSR count). The summed E-state index contributed by atoms with van der Waals surface area (Å²) in [4.78, 5) is 9.65. The molecule has 6 aliphatic rings. The van der Waals surface area contributed by atoms with Gasteiger partial charge in [-0.25, -0.2) is 0 Å². The fourth-order valence-electron chi connectivity index (χ4n) is 12.1. The largest absolute Gasteiger partial charge is 0.504 e. The lowest BCUT2D eigenvalue weighted by atomic mass is 9.72. The summed E-state index contributed by atoms with van der Waals surface area (Å²) < 4.78 is 11.1. The van der Waals surface area contributed by atoms with E-state index in [1.165, 1.54) is 83.0 Å². The minimum atomic E-state index is -0.929. The van der Waals surface area contributed by atoms with Crippen LogP contribution in [0.15, 0.2) is 51.6 Å². The van der Waals surface area contributed by atoms with Gasteiger partial charge in [0.15, 0.2) is 23.6 Å². The number of phenols is 1. The number of aromatic hydroxyl groups is 1. The third-order valence-corrected chi connectivity index (χ3v) is 15.9. The van der Waals surface area contributed by atoms with Crippen molar-refractivity contribution in [1.82, 2.24) is 10.6 Å². The van der Waals surface area contributed by atoms with Gasteiger partial charge in [0.25, 0.3) is 0 Å². The van der Waals surface area contributed by atoms with Crippen LogP contribution in [-0.4, -0.2) is 100 Å². The lowest BCUT2D eigenvalue weighted by Gasteiger charge is -2.35. The highest BCUT2D eigenvalue weighted by Crippen LogP contribution is 2.48. The van der Waals surface area contributed by atoms with E-state index in [0.29, 0.717) is 72.0 Å². The number of phenolic OH excluding ortho intramolecular Hbond substituents is 1. The molecule has 10 atom stereocenters. The molecule has 0 radical (unpaired) electrons. The first-order valence-electron chi connectivity index (χ1n) is 25.9. The predicted octanol–water partition coefficient (Wildman–Crippen LogP) is 7.09. The second-order valence-corrected chi connectivity index (χ2v) is 21.0. The maximum Gasteiger partial charge on any atom is 0.208 e. The zero-order valence-corrected chi connectivity index (χ0v) is 39.8. The normalized spacial score (nSPS) is 28.8. The Morgan fingerprint density at radius 2 is 1.85 bits per heavy atom. The Bertz CT molecular complexity index is 1760. The van der Waals surface area contributed by atoms with E-state index in [9.17, 15) is 20.4 Å². The summed E-state index contributed by atoms with van der Waals surface area (Å²) in [7, 11) is 0. The number of fused-ring (bicyclic) bond motifs is 2. The van der Waals surface area contributed by atoms with Crippen molar-refractivity contribution >= 4 is 11.7 Å². The average Bonchev–Trinajstić information content (AvgIpc) is 4.04. The number of aliphatic imine (C=N–C) groups is 2. The van der Waals surface area contributed by atoms with Gasteiger partial charge in [-0.05, 0) is 131 Å². The minimum Gasteiger partial charge on any atom is -0.504 e. The quantitative estimate of drug-likeness (QED) is 0.0185. The lowest BCUT2D eigenvalue weighted by molar-refractivity contribution is -0.0554. The number of unbranched alkanes of at least 4 members (excludes halogenated alkanes) is 1. The van der Waals surface area contributed by atoms with Crippen LogP contribution >= 0.6 is 0 Å². The molecule has 1 aromatic carbocycles. The minimum absolute atomic E-state index is 0.0157. The molecular formula is C53H85N6O6+. The van der Waals surface area contributed by atoms with Crippen molar-refractivity contribution in [2.45, 2.75) is 179 Å². The van der Waals surface area contributed by atoms with Gasteiger partial charge in [-0.3, -0.25) is 4.99 Å². The monoisotopic (exact) mass is 902 g/mol. The summed E-state index contributed by atoms with van der Waals surface area (Å²) in [5.41, 5.74) is 16.5. The maximum atomic E-state index is 11.3. The van der Waals surface area contributed by atoms with E-state index in [0.717, 1.165) is 93.3 Å². The van der Waals surface area contributed by atoms with E-state index in [-0.39, 0.29) is 25.1 Å². The Kier molecular flexibility index (Phi) is 18.8. The molecule has 1 aromatic rings. The van der Waals surface area contributed by atoms with Crippen molar-refractivity contribution in [2.24, 2.45) is 57.0 Å². The number of allylic oxidation sites excluding steroid dienone is 1. The molecule has 11 N–H and O–H groups in total. The van der Waals surface area contributed by atoms with Crippen molar-refractivity contribution in [3.63, 3.8) is 0 Å². The zero-order chi connectivity index (χ0) is 45.7. The SMILES string of the molecule is C[C@@H](CC[C@@H]1CC[C@@H](N)C[C@H]1CCCCC1[OH+][C-](CCc2ccc(O)c(OC[C@H](O)C3=C[C+]4C(=N3)CC[C@H]3CCC[C@@H]3[C@@H]4CNC[C@H](C)O)c2)C=C1CO)CN=C(N)NC1CCCCC1. The number of guanidine groups is 1. The first kappa shape index (κ1) is 49.6. The third kappa shape index (κ3) is 14.4. The molecular weight excluding hydrogens is 817 g/mol. The summed E-state index contributed by atoms with van der Waals surface area (Å²) in [6.07, 6.45) is 27.6. The van der Waals surface area contributed by atoms with Crippen molar-refractivity contribution < 1.29 is 29.9 Å². The standard InChI is InChI=1S/C53H84N6O6/c1-34(29-57-53(55)58-42-11-4-3-5-12-42)15-18-37-19-21-41(54)26-39(37)9-6-7-14-51-40(32-60)27-43(65-51)22-16-36-17-24-49(62)52(25-36)64-33-50(63)48-28-45-46(31-56-30-35(2)61)44-13-8-10-38(44)20-23-47(45)59-48/h17,24-25,27-28,34-35,37-39,41-42,44,46,50-51,56,60-61,63,65H,3-16,18-23,26,29-33,54H2,1-2H3,(H3-,55,57,58,62)/p+1/t34-,35-,37+,38+,39+,41+,44-,46-,50-,51?/m0/s1. The molecule has 0 spiro atoms. The van der Waals surface area contributed by atoms with E-state index in [2.05, 4.69) is 29.7 Å². The summed E-state index contributed by atoms with van der Waals surface area (Å²) >= 11 is 0. The number of aliphatic hydroxyl groups is 5. The van der Waals surface area contributed by atoms with Gasteiger partial charge in [-0.15, -0.1) is 16.6 Å². The second-order valence-electron chi connectivity index (χ2n) is 21.0. The molecule has 0 bridgehead atoms. The van der Waals surface area contributed by atoms with Gasteiger partial charge < -0.3 is 52.0 Å². The molecule has 4 fully saturated rings. The first-order chi connectivity index (χ1) is 31.5. The number of hydrogen-bond donors (Lipinski definition) is 8. The van der Waals surface area contributed by atoms with Crippen LogP contribution in [0.2, 0.25) is 0 Å². The summed E-state index contributed by atoms with van der Waals surface area (Å²) in [6, 6.07) is 6.21. The zero-order valence-electron chi connectivity index (χ0n) is 39.8. The molecule has 362 valence electrons. The van der Waals surface area contributed by atoms with Gasteiger partial charge in [0.2, 0.25) is 5.70 Å². The van der Waals surface area contributed by atoms with Crippen LogP contribution in [0.1, 0.15) is 148 Å².